The number of pyridine rings is 1. The van der Waals surface area contributed by atoms with E-state index in [1.54, 1.807) is 31.2 Å². The number of aryl methyl sites for hydroxylation is 1. The molecule has 8 heteroatoms. The molecule has 3 aromatic rings. The van der Waals surface area contributed by atoms with E-state index in [1.807, 2.05) is 12.1 Å². The van der Waals surface area contributed by atoms with Crippen LogP contribution in [0.25, 0.3) is 0 Å². The second-order valence-corrected chi connectivity index (χ2v) is 6.95. The molecule has 0 saturated carbocycles. The van der Waals surface area contributed by atoms with Crippen LogP contribution in [-0.2, 0) is 13.0 Å². The van der Waals surface area contributed by atoms with Crippen LogP contribution in [0.4, 0.5) is 10.1 Å². The normalized spacial score (nSPS) is 10.8. The molecule has 0 atom stereocenters. The minimum atomic E-state index is -0.606. The van der Waals surface area contributed by atoms with Crippen LogP contribution in [0, 0.1) is 24.1 Å². The molecule has 164 valence electrons. The van der Waals surface area contributed by atoms with Gasteiger partial charge < -0.3 is 14.6 Å². The highest BCUT2D eigenvalue weighted by Gasteiger charge is 2.18. The number of hydrogen-bond acceptors (Lipinski definition) is 6. The van der Waals surface area contributed by atoms with Gasteiger partial charge in [-0.3, -0.25) is 14.4 Å². The number of rotatable bonds is 7. The highest BCUT2D eigenvalue weighted by molar-refractivity contribution is 5.87. The first-order chi connectivity index (χ1) is 15.4. The van der Waals surface area contributed by atoms with Crippen molar-refractivity contribution in [3.05, 3.63) is 80.9 Å². The first-order valence-corrected chi connectivity index (χ1v) is 9.77. The zero-order chi connectivity index (χ0) is 23.3. The summed E-state index contributed by atoms with van der Waals surface area (Å²) in [5.74, 6) is 0.251. The average Bonchev–Trinajstić information content (AvgIpc) is 2.80. The van der Waals surface area contributed by atoms with Gasteiger partial charge in [0, 0.05) is 12.8 Å². The molecular formula is C24H22FN3O4. The Bertz CT molecular complexity index is 1280. The van der Waals surface area contributed by atoms with Crippen LogP contribution in [0.1, 0.15) is 22.3 Å². The van der Waals surface area contributed by atoms with Crippen molar-refractivity contribution >= 4 is 11.9 Å². The topological polar surface area (TPSA) is 96.8 Å². The Morgan fingerprint density at radius 3 is 2.56 bits per heavy atom. The predicted molar refractivity (Wildman–Crippen MR) is 119 cm³/mol. The fourth-order valence-corrected chi connectivity index (χ4v) is 3.30. The van der Waals surface area contributed by atoms with Gasteiger partial charge in [-0.25, -0.2) is 4.39 Å². The predicted octanol–water partition coefficient (Wildman–Crippen LogP) is 3.88. The molecule has 0 unspecified atom stereocenters. The molecule has 1 N–H and O–H groups in total. The van der Waals surface area contributed by atoms with Crippen LogP contribution in [0.5, 0.6) is 17.4 Å². The number of nitriles is 1. The summed E-state index contributed by atoms with van der Waals surface area (Å²) in [6.45, 7) is 1.65. The van der Waals surface area contributed by atoms with E-state index in [0.717, 1.165) is 10.1 Å². The van der Waals surface area contributed by atoms with Crippen molar-refractivity contribution in [3.8, 4) is 23.4 Å². The lowest BCUT2D eigenvalue weighted by Gasteiger charge is -2.15. The van der Waals surface area contributed by atoms with Gasteiger partial charge in [0.05, 0.1) is 25.5 Å². The van der Waals surface area contributed by atoms with E-state index in [2.05, 4.69) is 4.99 Å². The summed E-state index contributed by atoms with van der Waals surface area (Å²) in [6, 6.07) is 13.2. The SMILES string of the molecule is COc1ccc(CCn2c(O)c(C=Nc3ccccc3F)c(C)c(C#N)c2=O)cc1OC. The highest BCUT2D eigenvalue weighted by atomic mass is 19.1. The summed E-state index contributed by atoms with van der Waals surface area (Å²) in [5, 5.41) is 20.3. The Morgan fingerprint density at radius 1 is 1.19 bits per heavy atom. The van der Waals surface area contributed by atoms with Crippen LogP contribution in [-0.4, -0.2) is 30.1 Å². The number of aromatic nitrogens is 1. The molecule has 0 radical (unpaired) electrons. The quantitative estimate of drug-likeness (QED) is 0.568. The van der Waals surface area contributed by atoms with Crippen molar-refractivity contribution in [2.24, 2.45) is 4.99 Å². The number of ether oxygens (including phenoxy) is 2. The zero-order valence-corrected chi connectivity index (χ0v) is 17.9. The first kappa shape index (κ1) is 22.6. The zero-order valence-electron chi connectivity index (χ0n) is 17.9. The summed E-state index contributed by atoms with van der Waals surface area (Å²) in [6.07, 6.45) is 1.64. The molecule has 0 saturated heterocycles. The maximum atomic E-state index is 13.9. The van der Waals surface area contributed by atoms with Gasteiger partial charge in [0.25, 0.3) is 5.56 Å². The van der Waals surface area contributed by atoms with Crippen LogP contribution in [0.3, 0.4) is 0 Å². The molecule has 0 spiro atoms. The number of aromatic hydroxyl groups is 1. The molecule has 0 bridgehead atoms. The van der Waals surface area contributed by atoms with Crippen LogP contribution < -0.4 is 15.0 Å². The monoisotopic (exact) mass is 435 g/mol. The first-order valence-electron chi connectivity index (χ1n) is 9.77. The van der Waals surface area contributed by atoms with Gasteiger partial charge in [0.15, 0.2) is 11.5 Å². The summed E-state index contributed by atoms with van der Waals surface area (Å²) >= 11 is 0. The molecule has 3 rings (SSSR count). The van der Waals surface area contributed by atoms with E-state index in [-0.39, 0.29) is 34.8 Å². The fourth-order valence-electron chi connectivity index (χ4n) is 3.30. The Kier molecular flexibility index (Phi) is 6.90. The van der Waals surface area contributed by atoms with Crippen molar-refractivity contribution in [2.45, 2.75) is 19.9 Å². The van der Waals surface area contributed by atoms with Crippen molar-refractivity contribution in [2.75, 3.05) is 14.2 Å². The molecule has 1 aromatic heterocycles. The smallest absolute Gasteiger partial charge is 0.271 e. The average molecular weight is 435 g/mol. The van der Waals surface area contributed by atoms with Gasteiger partial charge in [-0.05, 0) is 48.7 Å². The molecule has 7 nitrogen and oxygen atoms in total. The molecule has 0 amide bonds. The summed E-state index contributed by atoms with van der Waals surface area (Å²) in [4.78, 5) is 16.9. The summed E-state index contributed by atoms with van der Waals surface area (Å²) in [7, 11) is 3.06. The third kappa shape index (κ3) is 4.47. The van der Waals surface area contributed by atoms with Crippen molar-refractivity contribution in [1.29, 1.82) is 5.26 Å². The second-order valence-electron chi connectivity index (χ2n) is 6.95. The minimum Gasteiger partial charge on any atom is -0.494 e. The Hall–Kier alpha value is -4.12. The Labute approximate surface area is 184 Å². The molecule has 0 fully saturated rings. The lowest BCUT2D eigenvalue weighted by atomic mass is 10.1. The van der Waals surface area contributed by atoms with Gasteiger partial charge in [0.1, 0.15) is 17.4 Å². The molecule has 0 aliphatic heterocycles. The standard InChI is InChI=1S/C24H22FN3O4/c1-15-17(13-26)23(29)28(11-10-16-8-9-21(31-2)22(12-16)32-3)24(30)18(15)14-27-20-7-5-4-6-19(20)25/h4-9,12,14,30H,10-11H2,1-3H3. The van der Waals surface area contributed by atoms with E-state index in [9.17, 15) is 19.6 Å². The van der Waals surface area contributed by atoms with Crippen molar-refractivity contribution in [3.63, 3.8) is 0 Å². The molecule has 2 aromatic carbocycles. The van der Waals surface area contributed by atoms with Gasteiger partial charge in [-0.1, -0.05) is 18.2 Å². The second kappa shape index (κ2) is 9.79. The van der Waals surface area contributed by atoms with Crippen LogP contribution >= 0.6 is 0 Å². The highest BCUT2D eigenvalue weighted by Crippen LogP contribution is 2.28. The number of hydrogen-bond donors (Lipinski definition) is 1. The Balaban J connectivity index is 2.00. The van der Waals surface area contributed by atoms with Crippen LogP contribution in [0.15, 0.2) is 52.3 Å². The molecule has 0 aliphatic rings. The molecular weight excluding hydrogens is 413 g/mol. The van der Waals surface area contributed by atoms with E-state index < -0.39 is 11.4 Å². The third-order valence-electron chi connectivity index (χ3n) is 5.10. The van der Waals surface area contributed by atoms with Gasteiger partial charge in [0.2, 0.25) is 5.88 Å². The van der Waals surface area contributed by atoms with Crippen LogP contribution in [0.2, 0.25) is 0 Å². The maximum Gasteiger partial charge on any atom is 0.271 e. The fraction of sp³-hybridized carbons (Fsp3) is 0.208. The van der Waals surface area contributed by atoms with Gasteiger partial charge >= 0.3 is 0 Å². The lowest BCUT2D eigenvalue weighted by molar-refractivity contribution is 0.354. The van der Waals surface area contributed by atoms with Gasteiger partial charge in [-0.15, -0.1) is 0 Å². The lowest BCUT2D eigenvalue weighted by Crippen LogP contribution is -2.26. The third-order valence-corrected chi connectivity index (χ3v) is 5.10. The Morgan fingerprint density at radius 2 is 1.91 bits per heavy atom. The molecule has 0 aliphatic carbocycles. The molecule has 32 heavy (non-hydrogen) atoms. The maximum absolute atomic E-state index is 13.9. The van der Waals surface area contributed by atoms with Gasteiger partial charge in [-0.2, -0.15) is 5.26 Å². The van der Waals surface area contributed by atoms with E-state index in [4.69, 9.17) is 9.47 Å². The number of aliphatic imine (C=N–C) groups is 1. The number of benzene rings is 2. The van der Waals surface area contributed by atoms with Crippen molar-refractivity contribution in [1.82, 2.24) is 4.57 Å². The van der Waals surface area contributed by atoms with E-state index in [0.29, 0.717) is 17.9 Å². The molecule has 1 heterocycles. The van der Waals surface area contributed by atoms with E-state index in [1.165, 1.54) is 32.6 Å². The summed E-state index contributed by atoms with van der Waals surface area (Å²) < 4.78 is 25.5. The minimum absolute atomic E-state index is 0.0767. The summed E-state index contributed by atoms with van der Waals surface area (Å²) in [5.41, 5.74) is 0.660. The number of halogens is 1. The van der Waals surface area contributed by atoms with Crippen molar-refractivity contribution < 1.29 is 19.0 Å². The number of para-hydroxylation sites is 1. The van der Waals surface area contributed by atoms with E-state index >= 15 is 0 Å². The number of nitrogens with zero attached hydrogens (tertiary/aromatic N) is 3. The number of methoxy groups -OCH3 is 2. The largest absolute Gasteiger partial charge is 0.494 e.